The third-order valence-electron chi connectivity index (χ3n) is 3.29. The van der Waals surface area contributed by atoms with Crippen LogP contribution < -0.4 is 15.4 Å². The summed E-state index contributed by atoms with van der Waals surface area (Å²) in [6.45, 7) is 3.35. The number of methoxy groups -OCH3 is 1. The lowest BCUT2D eigenvalue weighted by molar-refractivity contribution is -0.117. The van der Waals surface area contributed by atoms with Crippen LogP contribution in [0.3, 0.4) is 0 Å². The maximum Gasteiger partial charge on any atom is 0.222 e. The molecule has 3 N–H and O–H groups in total. The predicted octanol–water partition coefficient (Wildman–Crippen LogP) is 3.21. The van der Waals surface area contributed by atoms with Crippen molar-refractivity contribution in [2.75, 3.05) is 12.4 Å². The van der Waals surface area contributed by atoms with Crippen LogP contribution in [0.1, 0.15) is 12.5 Å². The molecule has 23 heavy (non-hydrogen) atoms. The molecule has 0 saturated carbocycles. The number of benzene rings is 2. The number of anilines is 1. The lowest BCUT2D eigenvalue weighted by Crippen LogP contribution is -2.32. The van der Waals surface area contributed by atoms with Crippen molar-refractivity contribution in [3.63, 3.8) is 0 Å². The molecular formula is C17H18N2O3S. The van der Waals surface area contributed by atoms with Gasteiger partial charge in [-0.1, -0.05) is 18.2 Å². The van der Waals surface area contributed by atoms with Crippen LogP contribution in [0.15, 0.2) is 36.4 Å². The summed E-state index contributed by atoms with van der Waals surface area (Å²) in [6.07, 6.45) is 0. The Bertz CT molecular complexity index is 759. The van der Waals surface area contributed by atoms with Crippen molar-refractivity contribution in [2.45, 2.75) is 13.8 Å². The molecule has 0 unspecified atom stereocenters. The van der Waals surface area contributed by atoms with Crippen molar-refractivity contribution in [1.82, 2.24) is 5.32 Å². The molecule has 2 aromatic carbocycles. The van der Waals surface area contributed by atoms with Gasteiger partial charge in [0.1, 0.15) is 0 Å². The summed E-state index contributed by atoms with van der Waals surface area (Å²) in [5.74, 6) is 0.277. The van der Waals surface area contributed by atoms with Gasteiger partial charge in [0, 0.05) is 12.6 Å². The number of hydrogen-bond donors (Lipinski definition) is 3. The van der Waals surface area contributed by atoms with Crippen molar-refractivity contribution in [3.05, 3.63) is 42.0 Å². The minimum atomic E-state index is -0.223. The zero-order valence-electron chi connectivity index (χ0n) is 13.1. The molecule has 0 radical (unpaired) electrons. The summed E-state index contributed by atoms with van der Waals surface area (Å²) in [7, 11) is 1.51. The number of phenols is 1. The van der Waals surface area contributed by atoms with Crippen LogP contribution in [-0.4, -0.2) is 23.2 Å². The Morgan fingerprint density at radius 3 is 2.48 bits per heavy atom. The lowest BCUT2D eigenvalue weighted by atomic mass is 10.0. The standard InChI is InChI=1S/C17H18N2O3S/c1-10-4-5-12(8-14(10)19-17(23)18-11(2)20)13-6-7-15(21)16(9-13)22-3/h4-9,21H,1-3H3,(H2,18,19,20,23). The van der Waals surface area contributed by atoms with Gasteiger partial charge >= 0.3 is 0 Å². The highest BCUT2D eigenvalue weighted by atomic mass is 32.1. The largest absolute Gasteiger partial charge is 0.504 e. The van der Waals surface area contributed by atoms with Crippen LogP contribution in [0, 0.1) is 6.92 Å². The van der Waals surface area contributed by atoms with Gasteiger partial charge in [0.15, 0.2) is 16.6 Å². The van der Waals surface area contributed by atoms with E-state index in [4.69, 9.17) is 17.0 Å². The molecule has 5 nitrogen and oxygen atoms in total. The number of ether oxygens (including phenoxy) is 1. The van der Waals surface area contributed by atoms with Crippen LogP contribution in [0.25, 0.3) is 11.1 Å². The second-order valence-corrected chi connectivity index (χ2v) is 5.46. The molecular weight excluding hydrogens is 312 g/mol. The number of nitrogens with one attached hydrogen (secondary N) is 2. The molecule has 120 valence electrons. The molecule has 0 aliphatic carbocycles. The van der Waals surface area contributed by atoms with Crippen molar-refractivity contribution in [2.24, 2.45) is 0 Å². The first-order valence-electron chi connectivity index (χ1n) is 6.97. The maximum atomic E-state index is 11.0. The van der Waals surface area contributed by atoms with E-state index in [2.05, 4.69) is 10.6 Å². The molecule has 0 fully saturated rings. The molecule has 1 amide bonds. The van der Waals surface area contributed by atoms with Crippen LogP contribution in [0.5, 0.6) is 11.5 Å². The van der Waals surface area contributed by atoms with Crippen LogP contribution >= 0.6 is 12.2 Å². The summed E-state index contributed by atoms with van der Waals surface area (Å²) in [5, 5.41) is 15.5. The number of aryl methyl sites for hydroxylation is 1. The minimum Gasteiger partial charge on any atom is -0.504 e. The average Bonchev–Trinajstić information content (AvgIpc) is 2.49. The summed E-state index contributed by atoms with van der Waals surface area (Å²) in [4.78, 5) is 11.0. The molecule has 0 aromatic heterocycles. The maximum absolute atomic E-state index is 11.0. The van der Waals surface area contributed by atoms with E-state index in [1.807, 2.05) is 25.1 Å². The SMILES string of the molecule is COc1cc(-c2ccc(C)c(NC(=S)NC(C)=O)c2)ccc1O. The fourth-order valence-electron chi connectivity index (χ4n) is 2.11. The van der Waals surface area contributed by atoms with E-state index in [0.29, 0.717) is 5.75 Å². The first kappa shape index (κ1) is 16.8. The number of rotatable bonds is 3. The van der Waals surface area contributed by atoms with E-state index >= 15 is 0 Å². The van der Waals surface area contributed by atoms with Gasteiger partial charge < -0.3 is 20.5 Å². The van der Waals surface area contributed by atoms with E-state index in [9.17, 15) is 9.90 Å². The molecule has 2 aromatic rings. The average molecular weight is 330 g/mol. The van der Waals surface area contributed by atoms with Crippen LogP contribution in [0.4, 0.5) is 5.69 Å². The third-order valence-corrected chi connectivity index (χ3v) is 3.49. The molecule has 0 aliphatic heterocycles. The number of phenolic OH excluding ortho intramolecular Hbond substituents is 1. The Hall–Kier alpha value is -2.60. The van der Waals surface area contributed by atoms with Gasteiger partial charge in [-0.05, 0) is 54.0 Å². The second kappa shape index (κ2) is 7.11. The van der Waals surface area contributed by atoms with Gasteiger partial charge in [0.05, 0.1) is 7.11 Å². The topological polar surface area (TPSA) is 70.6 Å². The van der Waals surface area contributed by atoms with Gasteiger partial charge in [0.2, 0.25) is 5.91 Å². The normalized spacial score (nSPS) is 10.0. The molecule has 0 saturated heterocycles. The van der Waals surface area contributed by atoms with Crippen LogP contribution in [0.2, 0.25) is 0 Å². The zero-order valence-corrected chi connectivity index (χ0v) is 14.0. The Kier molecular flexibility index (Phi) is 5.18. The number of amides is 1. The zero-order chi connectivity index (χ0) is 17.0. The van der Waals surface area contributed by atoms with Gasteiger partial charge in [-0.15, -0.1) is 0 Å². The first-order valence-corrected chi connectivity index (χ1v) is 7.38. The molecule has 0 aliphatic rings. The van der Waals surface area contributed by atoms with Gasteiger partial charge in [0.25, 0.3) is 0 Å². The van der Waals surface area contributed by atoms with Crippen molar-refractivity contribution in [1.29, 1.82) is 0 Å². The fourth-order valence-corrected chi connectivity index (χ4v) is 2.36. The molecule has 6 heteroatoms. The highest BCUT2D eigenvalue weighted by Crippen LogP contribution is 2.33. The third kappa shape index (κ3) is 4.20. The smallest absolute Gasteiger partial charge is 0.222 e. The quantitative estimate of drug-likeness (QED) is 0.754. The molecule has 0 spiro atoms. The predicted molar refractivity (Wildman–Crippen MR) is 94.9 cm³/mol. The lowest BCUT2D eigenvalue weighted by Gasteiger charge is -2.13. The number of thiocarbonyl (C=S) groups is 1. The first-order chi connectivity index (χ1) is 10.9. The van der Waals surface area contributed by atoms with E-state index in [0.717, 1.165) is 22.4 Å². The van der Waals surface area contributed by atoms with E-state index < -0.39 is 0 Å². The van der Waals surface area contributed by atoms with Gasteiger partial charge in [-0.2, -0.15) is 0 Å². The van der Waals surface area contributed by atoms with E-state index in [-0.39, 0.29) is 16.8 Å². The highest BCUT2D eigenvalue weighted by Gasteiger charge is 2.08. The van der Waals surface area contributed by atoms with Gasteiger partial charge in [-0.25, -0.2) is 0 Å². The van der Waals surface area contributed by atoms with E-state index in [1.54, 1.807) is 18.2 Å². The van der Waals surface area contributed by atoms with Crippen molar-refractivity contribution in [3.8, 4) is 22.6 Å². The Balaban J connectivity index is 2.33. The summed E-state index contributed by atoms with van der Waals surface area (Å²) < 4.78 is 5.14. The van der Waals surface area contributed by atoms with E-state index in [1.165, 1.54) is 14.0 Å². The number of carbonyl (C=O) groups excluding carboxylic acids is 1. The summed E-state index contributed by atoms with van der Waals surface area (Å²) in [6, 6.07) is 11.0. The van der Waals surface area contributed by atoms with Gasteiger partial charge in [-0.3, -0.25) is 4.79 Å². The monoisotopic (exact) mass is 330 g/mol. The minimum absolute atomic E-state index is 0.0912. The number of hydrogen-bond acceptors (Lipinski definition) is 4. The Morgan fingerprint density at radius 2 is 1.83 bits per heavy atom. The second-order valence-electron chi connectivity index (χ2n) is 5.05. The highest BCUT2D eigenvalue weighted by molar-refractivity contribution is 7.80. The molecule has 0 atom stereocenters. The summed E-state index contributed by atoms with van der Waals surface area (Å²) >= 11 is 5.09. The Labute approximate surface area is 140 Å². The summed E-state index contributed by atoms with van der Waals surface area (Å²) in [5.41, 5.74) is 3.62. The number of aromatic hydroxyl groups is 1. The molecule has 0 heterocycles. The van der Waals surface area contributed by atoms with Crippen molar-refractivity contribution >= 4 is 28.9 Å². The van der Waals surface area contributed by atoms with Crippen molar-refractivity contribution < 1.29 is 14.6 Å². The number of carbonyl (C=O) groups is 1. The molecule has 0 bridgehead atoms. The van der Waals surface area contributed by atoms with Crippen LogP contribution in [-0.2, 0) is 4.79 Å². The Morgan fingerprint density at radius 1 is 1.17 bits per heavy atom. The fraction of sp³-hybridized carbons (Fsp3) is 0.176. The molecule has 2 rings (SSSR count).